The molecule has 0 unspecified atom stereocenters. The Morgan fingerprint density at radius 2 is 2.07 bits per heavy atom. The summed E-state index contributed by atoms with van der Waals surface area (Å²) in [6, 6.07) is 10.3. The van der Waals surface area contributed by atoms with Crippen LogP contribution in [0.2, 0.25) is 0 Å². The molecule has 1 fully saturated rings. The molecule has 0 radical (unpaired) electrons. The molecule has 1 saturated carbocycles. The Balaban J connectivity index is 1.63. The highest BCUT2D eigenvalue weighted by molar-refractivity contribution is 5.57. The predicted octanol–water partition coefficient (Wildman–Crippen LogP) is 0.630. The molecule has 1 aliphatic rings. The molecule has 0 saturated heterocycles. The van der Waals surface area contributed by atoms with Crippen molar-refractivity contribution in [2.45, 2.75) is 31.8 Å². The summed E-state index contributed by atoms with van der Waals surface area (Å²) in [4.78, 5) is 30.1. The maximum Gasteiger partial charge on any atom is 0.326 e. The number of nitrogens with one attached hydrogen (secondary N) is 3. The summed E-state index contributed by atoms with van der Waals surface area (Å²) >= 11 is 0. The van der Waals surface area contributed by atoms with Crippen LogP contribution in [0.1, 0.15) is 37.1 Å². The first kappa shape index (κ1) is 18.1. The summed E-state index contributed by atoms with van der Waals surface area (Å²) in [5, 5.41) is 18.2. The van der Waals surface area contributed by atoms with Crippen LogP contribution in [0.15, 0.2) is 46.3 Å². The molecule has 10 heteroatoms. The summed E-state index contributed by atoms with van der Waals surface area (Å²) in [6.45, 7) is 2.03. The van der Waals surface area contributed by atoms with Gasteiger partial charge in [0.15, 0.2) is 5.65 Å². The fourth-order valence-electron chi connectivity index (χ4n) is 3.16. The number of benzene rings is 1. The van der Waals surface area contributed by atoms with Crippen LogP contribution in [0.25, 0.3) is 11.7 Å². The number of fused-ring (bicyclic) bond motifs is 1. The number of nitrogens with zero attached hydrogens (tertiary/aromatic N) is 5. The molecular weight excluding hydrogens is 384 g/mol. The third kappa shape index (κ3) is 3.54. The van der Waals surface area contributed by atoms with Gasteiger partial charge in [0.1, 0.15) is 5.69 Å². The Kier molecular flexibility index (Phi) is 4.31. The number of aromatic amines is 2. The quantitative estimate of drug-likeness (QED) is 0.385. The molecule has 4 aromatic rings. The number of hydrogen-bond acceptors (Lipinski definition) is 7. The second-order valence-electron chi connectivity index (χ2n) is 7.31. The first-order valence-electron chi connectivity index (χ1n) is 9.71. The van der Waals surface area contributed by atoms with E-state index in [1.54, 1.807) is 16.8 Å². The van der Waals surface area contributed by atoms with E-state index >= 15 is 0 Å². The van der Waals surface area contributed by atoms with Gasteiger partial charge in [0, 0.05) is 5.22 Å². The molecule has 1 aromatic carbocycles. The molecule has 152 valence electrons. The maximum atomic E-state index is 11.4. The predicted molar refractivity (Wildman–Crippen MR) is 110 cm³/mol. The minimum absolute atomic E-state index is 0.0113. The SMILES string of the molecule is C[C@@H](Nc1nc(=NC2CC2)n2nc/c(=C/c3[nH]c(=O)[nH]c3O)c2n1)c1ccccc1. The van der Waals surface area contributed by atoms with Gasteiger partial charge in [-0.1, -0.05) is 30.3 Å². The zero-order chi connectivity index (χ0) is 20.7. The van der Waals surface area contributed by atoms with Crippen LogP contribution in [0.3, 0.4) is 0 Å². The van der Waals surface area contributed by atoms with Crippen molar-refractivity contribution >= 4 is 17.7 Å². The van der Waals surface area contributed by atoms with Crippen molar-refractivity contribution in [3.63, 3.8) is 0 Å². The highest BCUT2D eigenvalue weighted by Crippen LogP contribution is 2.22. The van der Waals surface area contributed by atoms with Gasteiger partial charge in [0.2, 0.25) is 11.8 Å². The van der Waals surface area contributed by atoms with Gasteiger partial charge < -0.3 is 15.4 Å². The van der Waals surface area contributed by atoms with Crippen LogP contribution in [0, 0.1) is 0 Å². The van der Waals surface area contributed by atoms with Crippen molar-refractivity contribution in [3.05, 3.63) is 69.1 Å². The third-order valence-electron chi connectivity index (χ3n) is 4.90. The van der Waals surface area contributed by atoms with Crippen molar-refractivity contribution in [1.29, 1.82) is 0 Å². The fourth-order valence-corrected chi connectivity index (χ4v) is 3.16. The average Bonchev–Trinajstić information content (AvgIpc) is 3.37. The van der Waals surface area contributed by atoms with Crippen LogP contribution in [-0.2, 0) is 0 Å². The molecule has 4 N–H and O–H groups in total. The zero-order valence-corrected chi connectivity index (χ0v) is 16.2. The molecule has 3 heterocycles. The highest BCUT2D eigenvalue weighted by Gasteiger charge is 2.21. The average molecular weight is 404 g/mol. The van der Waals surface area contributed by atoms with Gasteiger partial charge in [0.05, 0.1) is 18.3 Å². The lowest BCUT2D eigenvalue weighted by Gasteiger charge is -2.14. The van der Waals surface area contributed by atoms with Gasteiger partial charge >= 0.3 is 5.69 Å². The van der Waals surface area contributed by atoms with Gasteiger partial charge in [-0.3, -0.25) is 4.98 Å². The zero-order valence-electron chi connectivity index (χ0n) is 16.2. The second kappa shape index (κ2) is 7.14. The number of hydrogen-bond donors (Lipinski definition) is 4. The van der Waals surface area contributed by atoms with Crippen molar-refractivity contribution in [2.75, 3.05) is 5.32 Å². The van der Waals surface area contributed by atoms with Crippen LogP contribution in [0.5, 0.6) is 5.88 Å². The lowest BCUT2D eigenvalue weighted by Crippen LogP contribution is -2.25. The third-order valence-corrected chi connectivity index (χ3v) is 4.90. The van der Waals surface area contributed by atoms with Gasteiger partial charge in [0.25, 0.3) is 5.62 Å². The fraction of sp³-hybridized carbons (Fsp3) is 0.250. The molecule has 3 aromatic heterocycles. The molecule has 30 heavy (non-hydrogen) atoms. The van der Waals surface area contributed by atoms with E-state index in [-0.39, 0.29) is 23.7 Å². The van der Waals surface area contributed by atoms with Gasteiger partial charge in [-0.15, -0.1) is 0 Å². The van der Waals surface area contributed by atoms with Crippen molar-refractivity contribution in [3.8, 4) is 5.88 Å². The van der Waals surface area contributed by atoms with Crippen LogP contribution in [0.4, 0.5) is 5.95 Å². The Morgan fingerprint density at radius 3 is 2.77 bits per heavy atom. The van der Waals surface area contributed by atoms with Gasteiger partial charge in [-0.2, -0.15) is 19.6 Å². The van der Waals surface area contributed by atoms with E-state index in [0.29, 0.717) is 22.4 Å². The first-order chi connectivity index (χ1) is 14.6. The standard InChI is InChI=1S/C20H20N8O2/c1-11(12-5-3-2-4-6-12)22-18-25-16-13(9-15-17(29)26-20(30)24-15)10-21-28(16)19(27-18)23-14-7-8-14/h2-6,9-11,14,29H,7-8H2,1H3,(H,22,23,27)(H2,24,26,30)/b13-9-/t11-/m1/s1. The molecule has 10 nitrogen and oxygen atoms in total. The molecule has 0 aliphatic heterocycles. The van der Waals surface area contributed by atoms with E-state index in [4.69, 9.17) is 0 Å². The van der Waals surface area contributed by atoms with E-state index in [1.807, 2.05) is 37.3 Å². The number of aromatic hydroxyl groups is 1. The minimum Gasteiger partial charge on any atom is -0.493 e. The molecule has 0 spiro atoms. The number of H-pyrrole nitrogens is 2. The van der Waals surface area contributed by atoms with Crippen LogP contribution in [-0.4, -0.2) is 40.7 Å². The largest absolute Gasteiger partial charge is 0.493 e. The lowest BCUT2D eigenvalue weighted by molar-refractivity contribution is 0.454. The number of anilines is 1. The highest BCUT2D eigenvalue weighted by atomic mass is 16.3. The summed E-state index contributed by atoms with van der Waals surface area (Å²) in [6.07, 6.45) is 5.28. The smallest absolute Gasteiger partial charge is 0.326 e. The monoisotopic (exact) mass is 404 g/mol. The number of imidazole rings is 1. The Bertz CT molecular complexity index is 1380. The van der Waals surface area contributed by atoms with E-state index < -0.39 is 5.69 Å². The van der Waals surface area contributed by atoms with E-state index in [2.05, 4.69) is 35.3 Å². The lowest BCUT2D eigenvalue weighted by atomic mass is 10.1. The number of aromatic nitrogens is 6. The van der Waals surface area contributed by atoms with Crippen molar-refractivity contribution in [2.24, 2.45) is 4.99 Å². The van der Waals surface area contributed by atoms with Crippen molar-refractivity contribution < 1.29 is 5.11 Å². The van der Waals surface area contributed by atoms with Crippen LogP contribution >= 0.6 is 0 Å². The molecular formula is C20H20N8O2. The normalized spacial score (nSPS) is 16.3. The van der Waals surface area contributed by atoms with E-state index in [9.17, 15) is 9.90 Å². The van der Waals surface area contributed by atoms with Gasteiger partial charge in [-0.05, 0) is 31.4 Å². The number of rotatable bonds is 5. The maximum absolute atomic E-state index is 11.4. The minimum atomic E-state index is -0.492. The molecule has 1 aliphatic carbocycles. The van der Waals surface area contributed by atoms with Crippen LogP contribution < -0.4 is 21.8 Å². The van der Waals surface area contributed by atoms with E-state index in [0.717, 1.165) is 18.4 Å². The molecule has 0 bridgehead atoms. The summed E-state index contributed by atoms with van der Waals surface area (Å²) < 4.78 is 1.57. The molecule has 0 amide bonds. The van der Waals surface area contributed by atoms with E-state index in [1.165, 1.54) is 0 Å². The second-order valence-corrected chi connectivity index (χ2v) is 7.31. The Morgan fingerprint density at radius 1 is 1.27 bits per heavy atom. The molecule has 1 atom stereocenters. The van der Waals surface area contributed by atoms with Crippen molar-refractivity contribution in [1.82, 2.24) is 29.5 Å². The summed E-state index contributed by atoms with van der Waals surface area (Å²) in [7, 11) is 0. The van der Waals surface area contributed by atoms with Gasteiger partial charge in [-0.25, -0.2) is 9.79 Å². The Hall–Kier alpha value is -3.95. The summed E-state index contributed by atoms with van der Waals surface area (Å²) in [5.74, 6) is 0.188. The Labute approximate surface area is 170 Å². The topological polar surface area (TPSA) is 136 Å². The summed E-state index contributed by atoms with van der Waals surface area (Å²) in [5.41, 5.74) is 1.86. The first-order valence-corrected chi connectivity index (χ1v) is 9.71. The molecule has 5 rings (SSSR count).